The van der Waals surface area contributed by atoms with E-state index in [0.29, 0.717) is 13.0 Å². The van der Waals surface area contributed by atoms with Crippen LogP contribution in [0.5, 0.6) is 5.75 Å². The molecule has 29 heavy (non-hydrogen) atoms. The summed E-state index contributed by atoms with van der Waals surface area (Å²) in [5.74, 6) is 0.0610. The molecule has 0 aliphatic rings. The monoisotopic (exact) mass is 417 g/mol. The van der Waals surface area contributed by atoms with E-state index in [9.17, 15) is 13.2 Å². The average Bonchev–Trinajstić information content (AvgIpc) is 2.72. The molecule has 2 aromatic carbocycles. The predicted octanol–water partition coefficient (Wildman–Crippen LogP) is 4.74. The lowest BCUT2D eigenvalue weighted by molar-refractivity contribution is -0.135. The number of carbonyl (C=O) groups excluding carboxylic acids is 1. The van der Waals surface area contributed by atoms with Crippen LogP contribution >= 0.6 is 0 Å². The zero-order valence-electron chi connectivity index (χ0n) is 17.7. The van der Waals surface area contributed by atoms with Crippen LogP contribution < -0.4 is 4.18 Å². The fourth-order valence-corrected chi connectivity index (χ4v) is 3.72. The normalized spacial score (nSPS) is 13.5. The predicted molar refractivity (Wildman–Crippen MR) is 116 cm³/mol. The second-order valence-corrected chi connectivity index (χ2v) is 9.03. The molecule has 1 amide bonds. The first-order valence-corrected chi connectivity index (χ1v) is 11.8. The summed E-state index contributed by atoms with van der Waals surface area (Å²) in [6.45, 7) is 8.06. The van der Waals surface area contributed by atoms with E-state index in [-0.39, 0.29) is 29.4 Å². The molecule has 0 aliphatic carbocycles. The zero-order valence-corrected chi connectivity index (χ0v) is 18.5. The van der Waals surface area contributed by atoms with Crippen LogP contribution in [0.3, 0.4) is 0 Å². The Balaban J connectivity index is 2.28. The molecule has 2 aromatic rings. The summed E-state index contributed by atoms with van der Waals surface area (Å²) in [6, 6.07) is 16.8. The minimum Gasteiger partial charge on any atom is -0.382 e. The molecule has 0 aromatic heterocycles. The Morgan fingerprint density at radius 1 is 1.00 bits per heavy atom. The van der Waals surface area contributed by atoms with Gasteiger partial charge in [-0.3, -0.25) is 4.79 Å². The van der Waals surface area contributed by atoms with Gasteiger partial charge in [0.2, 0.25) is 5.91 Å². The Kier molecular flexibility index (Phi) is 8.26. The molecule has 0 N–H and O–H groups in total. The van der Waals surface area contributed by atoms with Gasteiger partial charge in [-0.25, -0.2) is 0 Å². The standard InChI is InChI=1S/C23H31NO4S/c1-5-18(4)24(23(25)22(6-2)20-13-9-8-10-14-20)17-19-12-11-15-21(16-19)28-29(26,27)7-3/h8-16,18,22H,5-7,17H2,1-4H3. The van der Waals surface area contributed by atoms with Crippen LogP contribution in [0.25, 0.3) is 0 Å². The van der Waals surface area contributed by atoms with Crippen LogP contribution in [0.15, 0.2) is 54.6 Å². The molecule has 0 saturated carbocycles. The summed E-state index contributed by atoms with van der Waals surface area (Å²) >= 11 is 0. The topological polar surface area (TPSA) is 63.7 Å². The zero-order chi connectivity index (χ0) is 21.4. The van der Waals surface area contributed by atoms with Gasteiger partial charge in [-0.2, -0.15) is 8.42 Å². The maximum atomic E-state index is 13.4. The fraction of sp³-hybridized carbons (Fsp3) is 0.435. The average molecular weight is 418 g/mol. The summed E-state index contributed by atoms with van der Waals surface area (Å²) in [5, 5.41) is 0. The van der Waals surface area contributed by atoms with E-state index in [1.165, 1.54) is 6.92 Å². The highest BCUT2D eigenvalue weighted by atomic mass is 32.2. The maximum Gasteiger partial charge on any atom is 0.308 e. The van der Waals surface area contributed by atoms with E-state index in [2.05, 4.69) is 6.92 Å². The second-order valence-electron chi connectivity index (χ2n) is 7.17. The number of rotatable bonds is 10. The van der Waals surface area contributed by atoms with Crippen molar-refractivity contribution in [1.29, 1.82) is 0 Å². The smallest absolute Gasteiger partial charge is 0.308 e. The second kappa shape index (κ2) is 10.4. The highest BCUT2D eigenvalue weighted by Crippen LogP contribution is 2.26. The molecule has 0 bridgehead atoms. The molecular weight excluding hydrogens is 386 g/mol. The van der Waals surface area contributed by atoms with E-state index in [0.717, 1.165) is 17.5 Å². The Bertz CT molecular complexity index is 896. The van der Waals surface area contributed by atoms with Gasteiger partial charge in [0.1, 0.15) is 5.75 Å². The number of amides is 1. The van der Waals surface area contributed by atoms with Crippen LogP contribution in [-0.2, 0) is 21.5 Å². The minimum absolute atomic E-state index is 0.0595. The molecule has 6 heteroatoms. The maximum absolute atomic E-state index is 13.4. The Hall–Kier alpha value is -2.34. The van der Waals surface area contributed by atoms with Crippen LogP contribution in [0.4, 0.5) is 0 Å². The molecule has 2 rings (SSSR count). The SMILES string of the molecule is CCC(C(=O)N(Cc1cccc(OS(=O)(=O)CC)c1)C(C)CC)c1ccccc1. The van der Waals surface area contributed by atoms with Crippen LogP contribution in [0, 0.1) is 0 Å². The van der Waals surface area contributed by atoms with Gasteiger partial charge in [-0.15, -0.1) is 0 Å². The van der Waals surface area contributed by atoms with Gasteiger partial charge in [0.05, 0.1) is 11.7 Å². The largest absolute Gasteiger partial charge is 0.382 e. The lowest BCUT2D eigenvalue weighted by Crippen LogP contribution is -2.40. The van der Waals surface area contributed by atoms with Gasteiger partial charge in [0.15, 0.2) is 0 Å². The molecule has 0 radical (unpaired) electrons. The quantitative estimate of drug-likeness (QED) is 0.524. The van der Waals surface area contributed by atoms with E-state index in [1.54, 1.807) is 18.2 Å². The summed E-state index contributed by atoms with van der Waals surface area (Å²) in [5.41, 5.74) is 1.85. The van der Waals surface area contributed by atoms with Gasteiger partial charge in [-0.1, -0.05) is 56.3 Å². The van der Waals surface area contributed by atoms with Gasteiger partial charge < -0.3 is 9.08 Å². The molecule has 2 atom stereocenters. The summed E-state index contributed by atoms with van der Waals surface area (Å²) in [6.07, 6.45) is 1.55. The third kappa shape index (κ3) is 6.32. The van der Waals surface area contributed by atoms with Crippen molar-refractivity contribution in [3.05, 3.63) is 65.7 Å². The molecule has 158 valence electrons. The first kappa shape index (κ1) is 22.9. The summed E-state index contributed by atoms with van der Waals surface area (Å²) < 4.78 is 28.7. The van der Waals surface area contributed by atoms with Crippen molar-refractivity contribution in [1.82, 2.24) is 4.90 Å². The van der Waals surface area contributed by atoms with E-state index >= 15 is 0 Å². The first-order chi connectivity index (χ1) is 13.8. The molecule has 0 spiro atoms. The molecule has 0 saturated heterocycles. The van der Waals surface area contributed by atoms with Crippen molar-refractivity contribution in [2.45, 2.75) is 59.0 Å². The third-order valence-electron chi connectivity index (χ3n) is 5.14. The molecule has 5 nitrogen and oxygen atoms in total. The van der Waals surface area contributed by atoms with Crippen LogP contribution in [-0.4, -0.2) is 31.0 Å². The lowest BCUT2D eigenvalue weighted by Gasteiger charge is -2.32. The molecular formula is C23H31NO4S. The summed E-state index contributed by atoms with van der Waals surface area (Å²) in [7, 11) is -3.59. The molecule has 0 aliphatic heterocycles. The van der Waals surface area contributed by atoms with Crippen molar-refractivity contribution in [2.24, 2.45) is 0 Å². The highest BCUT2D eigenvalue weighted by molar-refractivity contribution is 7.87. The van der Waals surface area contributed by atoms with Crippen molar-refractivity contribution in [3.63, 3.8) is 0 Å². The molecule has 0 fully saturated rings. The van der Waals surface area contributed by atoms with Gasteiger partial charge in [0.25, 0.3) is 0 Å². The lowest BCUT2D eigenvalue weighted by atomic mass is 9.94. The van der Waals surface area contributed by atoms with Crippen LogP contribution in [0.2, 0.25) is 0 Å². The Morgan fingerprint density at radius 3 is 2.28 bits per heavy atom. The van der Waals surface area contributed by atoms with Crippen molar-refractivity contribution >= 4 is 16.0 Å². The number of hydrogen-bond acceptors (Lipinski definition) is 4. The molecule has 0 heterocycles. The number of carbonyl (C=O) groups is 1. The number of hydrogen-bond donors (Lipinski definition) is 0. The highest BCUT2D eigenvalue weighted by Gasteiger charge is 2.27. The van der Waals surface area contributed by atoms with Gasteiger partial charge >= 0.3 is 10.1 Å². The van der Waals surface area contributed by atoms with Gasteiger partial charge in [-0.05, 0) is 49.9 Å². The minimum atomic E-state index is -3.59. The van der Waals surface area contributed by atoms with Gasteiger partial charge in [0, 0.05) is 12.6 Å². The van der Waals surface area contributed by atoms with Crippen molar-refractivity contribution < 1.29 is 17.4 Å². The van der Waals surface area contributed by atoms with E-state index in [4.69, 9.17) is 4.18 Å². The van der Waals surface area contributed by atoms with E-state index in [1.807, 2.05) is 55.1 Å². The summed E-state index contributed by atoms with van der Waals surface area (Å²) in [4.78, 5) is 15.3. The first-order valence-electron chi connectivity index (χ1n) is 10.2. The van der Waals surface area contributed by atoms with E-state index < -0.39 is 10.1 Å². The molecule has 2 unspecified atom stereocenters. The number of nitrogens with zero attached hydrogens (tertiary/aromatic N) is 1. The Morgan fingerprint density at radius 2 is 1.69 bits per heavy atom. The third-order valence-corrected chi connectivity index (χ3v) is 6.30. The Labute approximate surface area is 174 Å². The van der Waals surface area contributed by atoms with Crippen LogP contribution in [0.1, 0.15) is 57.6 Å². The number of benzene rings is 2. The van der Waals surface area contributed by atoms with Crippen molar-refractivity contribution in [2.75, 3.05) is 5.75 Å². The van der Waals surface area contributed by atoms with Crippen molar-refractivity contribution in [3.8, 4) is 5.75 Å². The fourth-order valence-electron chi connectivity index (χ4n) is 3.21.